The summed E-state index contributed by atoms with van der Waals surface area (Å²) in [5.41, 5.74) is 7.89. The molecule has 4 aromatic rings. The lowest BCUT2D eigenvalue weighted by Crippen LogP contribution is -2.36. The smallest absolute Gasteiger partial charge is 0.192 e. The molecule has 3 aromatic carbocycles. The van der Waals surface area contributed by atoms with Crippen LogP contribution in [0.2, 0.25) is 0 Å². The minimum atomic E-state index is 0.609. The summed E-state index contributed by atoms with van der Waals surface area (Å²) in [7, 11) is 0. The third-order valence-electron chi connectivity index (χ3n) is 6.52. The molecule has 0 radical (unpaired) electrons. The van der Waals surface area contributed by atoms with Crippen LogP contribution in [0.25, 0.3) is 22.8 Å². The van der Waals surface area contributed by atoms with Crippen LogP contribution in [0.1, 0.15) is 48.6 Å². The molecule has 2 nitrogen and oxygen atoms in total. The van der Waals surface area contributed by atoms with Gasteiger partial charge in [0.2, 0.25) is 0 Å². The summed E-state index contributed by atoms with van der Waals surface area (Å²) in [5, 5.41) is 0. The van der Waals surface area contributed by atoms with E-state index in [-0.39, 0.29) is 0 Å². The van der Waals surface area contributed by atoms with Gasteiger partial charge in [0.15, 0.2) is 5.69 Å². The van der Waals surface area contributed by atoms with Crippen LogP contribution in [0, 0.1) is 13.8 Å². The predicted molar refractivity (Wildman–Crippen MR) is 123 cm³/mol. The number of aromatic nitrogens is 2. The lowest BCUT2D eigenvalue weighted by molar-refractivity contribution is -0.590. The fourth-order valence-electron chi connectivity index (χ4n) is 5.12. The van der Waals surface area contributed by atoms with E-state index in [2.05, 4.69) is 108 Å². The number of hydrogen-bond donors (Lipinski definition) is 0. The molecule has 1 aromatic heterocycles. The van der Waals surface area contributed by atoms with Gasteiger partial charge in [0, 0.05) is 12.8 Å². The Morgan fingerprint density at radius 3 is 2.00 bits per heavy atom. The highest BCUT2D eigenvalue weighted by molar-refractivity contribution is 5.59. The number of aryl methyl sites for hydroxylation is 1. The van der Waals surface area contributed by atoms with Crippen LogP contribution in [-0.4, -0.2) is 4.57 Å². The number of imidazole rings is 1. The monoisotopic (exact) mass is 393 g/mol. The Morgan fingerprint density at radius 2 is 1.33 bits per heavy atom. The minimum Gasteiger partial charge on any atom is -0.192 e. The van der Waals surface area contributed by atoms with Crippen molar-refractivity contribution in [2.24, 2.45) is 0 Å². The van der Waals surface area contributed by atoms with Crippen LogP contribution < -0.4 is 4.57 Å². The Labute approximate surface area is 179 Å². The van der Waals surface area contributed by atoms with Crippen molar-refractivity contribution in [3.63, 3.8) is 0 Å². The van der Waals surface area contributed by atoms with E-state index in [0.717, 1.165) is 0 Å². The average molecular weight is 394 g/mol. The molecule has 0 unspecified atom stereocenters. The van der Waals surface area contributed by atoms with E-state index in [1.54, 1.807) is 0 Å². The average Bonchev–Trinajstić information content (AvgIpc) is 3.41. The van der Waals surface area contributed by atoms with Crippen molar-refractivity contribution < 1.29 is 4.57 Å². The topological polar surface area (TPSA) is 8.81 Å². The molecule has 0 aliphatic heterocycles. The fourth-order valence-corrected chi connectivity index (χ4v) is 5.12. The quantitative estimate of drug-likeness (QED) is 0.341. The predicted octanol–water partition coefficient (Wildman–Crippen LogP) is 6.70. The summed E-state index contributed by atoms with van der Waals surface area (Å²) in [6.45, 7) is 4.53. The summed E-state index contributed by atoms with van der Waals surface area (Å²) < 4.78 is 5.03. The first-order chi connectivity index (χ1) is 14.8. The van der Waals surface area contributed by atoms with Crippen molar-refractivity contribution >= 4 is 0 Å². The molecule has 1 heterocycles. The van der Waals surface area contributed by atoms with Gasteiger partial charge in [0.1, 0.15) is 17.1 Å². The molecule has 1 aliphatic rings. The third-order valence-corrected chi connectivity index (χ3v) is 6.52. The van der Waals surface area contributed by atoms with Gasteiger partial charge < -0.3 is 0 Å². The van der Waals surface area contributed by atoms with E-state index < -0.39 is 0 Å². The maximum Gasteiger partial charge on any atom is 0.299 e. The van der Waals surface area contributed by atoms with E-state index in [0.29, 0.717) is 5.92 Å². The Morgan fingerprint density at radius 1 is 0.733 bits per heavy atom. The van der Waals surface area contributed by atoms with Crippen LogP contribution >= 0.6 is 0 Å². The van der Waals surface area contributed by atoms with Gasteiger partial charge in [-0.05, 0) is 55.7 Å². The number of para-hydroxylation sites is 2. The molecule has 1 fully saturated rings. The molecule has 30 heavy (non-hydrogen) atoms. The van der Waals surface area contributed by atoms with Gasteiger partial charge >= 0.3 is 0 Å². The van der Waals surface area contributed by atoms with E-state index in [1.165, 1.54) is 65.4 Å². The SMILES string of the molecule is Cc1ccccc1-[n+]1c(C)c(C2CCCC2)n(-c2ccccc2)c1-c1ccccc1. The summed E-state index contributed by atoms with van der Waals surface area (Å²) in [6.07, 6.45) is 5.21. The summed E-state index contributed by atoms with van der Waals surface area (Å²) in [4.78, 5) is 0. The number of hydrogen-bond acceptors (Lipinski definition) is 0. The first kappa shape index (κ1) is 18.9. The number of benzene rings is 3. The van der Waals surface area contributed by atoms with Gasteiger partial charge in [-0.1, -0.05) is 67.4 Å². The van der Waals surface area contributed by atoms with Gasteiger partial charge in [-0.2, -0.15) is 9.13 Å². The van der Waals surface area contributed by atoms with E-state index in [1.807, 2.05) is 0 Å². The molecule has 5 rings (SSSR count). The lowest BCUT2D eigenvalue weighted by Gasteiger charge is -2.10. The summed E-state index contributed by atoms with van der Waals surface area (Å²) >= 11 is 0. The second-order valence-corrected chi connectivity index (χ2v) is 8.43. The van der Waals surface area contributed by atoms with Gasteiger partial charge in [-0.15, -0.1) is 0 Å². The molecule has 0 amide bonds. The minimum absolute atomic E-state index is 0.609. The standard InChI is InChI=1S/C28H29N2/c1-21-13-9-12-20-26(21)29-22(2)27(23-14-10-11-15-23)30(25-18-7-4-8-19-25)28(29)24-16-5-3-6-17-24/h3-9,12-13,16-20,23H,10-11,14-15H2,1-2H3/q+1. The summed E-state index contributed by atoms with van der Waals surface area (Å²) in [6, 6.07) is 30.5. The van der Waals surface area contributed by atoms with Crippen LogP contribution in [-0.2, 0) is 0 Å². The molecule has 0 atom stereocenters. The highest BCUT2D eigenvalue weighted by atomic mass is 15.2. The van der Waals surface area contributed by atoms with Gasteiger partial charge in [-0.3, -0.25) is 0 Å². The maximum atomic E-state index is 2.53. The molecule has 1 saturated carbocycles. The zero-order valence-corrected chi connectivity index (χ0v) is 17.9. The summed E-state index contributed by atoms with van der Waals surface area (Å²) in [5.74, 6) is 1.86. The van der Waals surface area contributed by atoms with Gasteiger partial charge in [-0.25, -0.2) is 0 Å². The van der Waals surface area contributed by atoms with E-state index in [9.17, 15) is 0 Å². The van der Waals surface area contributed by atoms with Gasteiger partial charge in [0.05, 0.1) is 5.56 Å². The van der Waals surface area contributed by atoms with E-state index >= 15 is 0 Å². The largest absolute Gasteiger partial charge is 0.299 e. The molecular weight excluding hydrogens is 364 g/mol. The molecule has 0 saturated heterocycles. The van der Waals surface area contributed by atoms with Crippen molar-refractivity contribution in [1.29, 1.82) is 0 Å². The number of rotatable bonds is 4. The third kappa shape index (κ3) is 3.17. The van der Waals surface area contributed by atoms with Crippen molar-refractivity contribution in [2.75, 3.05) is 0 Å². The Balaban J connectivity index is 1.90. The Kier molecular flexibility index (Phi) is 5.00. The highest BCUT2D eigenvalue weighted by Gasteiger charge is 2.37. The van der Waals surface area contributed by atoms with Crippen molar-refractivity contribution in [3.05, 3.63) is 102 Å². The molecule has 1 aliphatic carbocycles. The molecular formula is C28H29N2+. The molecule has 0 bridgehead atoms. The second kappa shape index (κ2) is 7.95. The second-order valence-electron chi connectivity index (χ2n) is 8.43. The zero-order chi connectivity index (χ0) is 20.5. The first-order valence-electron chi connectivity index (χ1n) is 11.1. The van der Waals surface area contributed by atoms with Crippen molar-refractivity contribution in [1.82, 2.24) is 4.57 Å². The fraction of sp³-hybridized carbons (Fsp3) is 0.250. The number of nitrogens with zero attached hydrogens (tertiary/aromatic N) is 2. The normalized spacial score (nSPS) is 14.3. The van der Waals surface area contributed by atoms with E-state index in [4.69, 9.17) is 0 Å². The van der Waals surface area contributed by atoms with Crippen LogP contribution in [0.4, 0.5) is 0 Å². The zero-order valence-electron chi connectivity index (χ0n) is 17.9. The van der Waals surface area contributed by atoms with Gasteiger partial charge in [0.25, 0.3) is 5.82 Å². The molecule has 0 N–H and O–H groups in total. The first-order valence-corrected chi connectivity index (χ1v) is 11.1. The Hall–Kier alpha value is -3.13. The lowest BCUT2D eigenvalue weighted by atomic mass is 10.0. The van der Waals surface area contributed by atoms with Crippen molar-refractivity contribution in [3.8, 4) is 22.8 Å². The van der Waals surface area contributed by atoms with Crippen LogP contribution in [0.3, 0.4) is 0 Å². The molecule has 0 spiro atoms. The molecule has 2 heteroatoms. The Bertz CT molecular complexity index is 1150. The molecule has 150 valence electrons. The van der Waals surface area contributed by atoms with Crippen LogP contribution in [0.15, 0.2) is 84.9 Å². The van der Waals surface area contributed by atoms with Crippen molar-refractivity contribution in [2.45, 2.75) is 45.4 Å². The highest BCUT2D eigenvalue weighted by Crippen LogP contribution is 2.39. The maximum absolute atomic E-state index is 2.53. The van der Waals surface area contributed by atoms with Crippen LogP contribution in [0.5, 0.6) is 0 Å².